The van der Waals surface area contributed by atoms with Crippen LogP contribution in [0.2, 0.25) is 5.02 Å². The fourth-order valence-electron chi connectivity index (χ4n) is 1.07. The Hall–Kier alpha value is -1.46. The van der Waals surface area contributed by atoms with Gasteiger partial charge in [-0.25, -0.2) is 0 Å². The van der Waals surface area contributed by atoms with Crippen LogP contribution in [0.4, 0.5) is 0 Å². The third kappa shape index (κ3) is 4.05. The van der Waals surface area contributed by atoms with Gasteiger partial charge in [-0.15, -0.1) is 11.8 Å². The lowest BCUT2D eigenvalue weighted by molar-refractivity contribution is 0.0954. The van der Waals surface area contributed by atoms with E-state index in [2.05, 4.69) is 17.2 Å². The van der Waals surface area contributed by atoms with Crippen LogP contribution >= 0.6 is 11.6 Å². The van der Waals surface area contributed by atoms with Crippen LogP contribution in [-0.2, 0) is 0 Å². The van der Waals surface area contributed by atoms with Crippen LogP contribution in [-0.4, -0.2) is 12.5 Å². The zero-order chi connectivity index (χ0) is 11.1. The minimum Gasteiger partial charge on any atom is -0.351 e. The van der Waals surface area contributed by atoms with Gasteiger partial charge in [0.25, 0.3) is 5.91 Å². The molecule has 3 heteroatoms. The molecule has 0 saturated heterocycles. The molecule has 0 spiro atoms. The fourth-order valence-corrected chi connectivity index (χ4v) is 1.19. The Bertz CT molecular complexity index is 386. The summed E-state index contributed by atoms with van der Waals surface area (Å²) < 4.78 is 0. The molecule has 0 aliphatic heterocycles. The molecule has 15 heavy (non-hydrogen) atoms. The summed E-state index contributed by atoms with van der Waals surface area (Å²) in [5, 5.41) is 3.40. The van der Waals surface area contributed by atoms with Crippen LogP contribution in [0.5, 0.6) is 0 Å². The second-order valence-electron chi connectivity index (χ2n) is 2.94. The van der Waals surface area contributed by atoms with Crippen LogP contribution < -0.4 is 5.32 Å². The van der Waals surface area contributed by atoms with Gasteiger partial charge in [-0.1, -0.05) is 11.6 Å². The molecule has 0 aliphatic carbocycles. The predicted molar refractivity (Wildman–Crippen MR) is 61.9 cm³/mol. The van der Waals surface area contributed by atoms with Crippen molar-refractivity contribution in [2.75, 3.05) is 6.54 Å². The van der Waals surface area contributed by atoms with Gasteiger partial charge in [-0.05, 0) is 31.2 Å². The first kappa shape index (κ1) is 11.6. The van der Waals surface area contributed by atoms with E-state index in [1.807, 2.05) is 0 Å². The van der Waals surface area contributed by atoms with Crippen LogP contribution in [0.15, 0.2) is 24.3 Å². The number of carbonyl (C=O) groups is 1. The summed E-state index contributed by atoms with van der Waals surface area (Å²) in [5.41, 5.74) is 0.615. The molecule has 0 heterocycles. The molecule has 0 atom stereocenters. The molecule has 0 radical (unpaired) electrons. The smallest absolute Gasteiger partial charge is 0.251 e. The fraction of sp³-hybridized carbons (Fsp3) is 0.250. The summed E-state index contributed by atoms with van der Waals surface area (Å²) in [7, 11) is 0. The summed E-state index contributed by atoms with van der Waals surface area (Å²) in [6, 6.07) is 6.79. The van der Waals surface area contributed by atoms with E-state index in [1.165, 1.54) is 0 Å². The molecule has 0 aromatic heterocycles. The lowest BCUT2D eigenvalue weighted by Crippen LogP contribution is -2.24. The van der Waals surface area contributed by atoms with E-state index >= 15 is 0 Å². The van der Waals surface area contributed by atoms with Crippen molar-refractivity contribution in [3.63, 3.8) is 0 Å². The van der Waals surface area contributed by atoms with E-state index in [-0.39, 0.29) is 5.91 Å². The average Bonchev–Trinajstić information content (AvgIpc) is 2.25. The topological polar surface area (TPSA) is 29.1 Å². The second-order valence-corrected chi connectivity index (χ2v) is 3.38. The second kappa shape index (κ2) is 6.10. The highest BCUT2D eigenvalue weighted by atomic mass is 35.5. The Morgan fingerprint density at radius 1 is 1.40 bits per heavy atom. The first-order chi connectivity index (χ1) is 7.24. The lowest BCUT2D eigenvalue weighted by atomic mass is 10.2. The molecule has 0 aliphatic rings. The van der Waals surface area contributed by atoms with E-state index in [0.29, 0.717) is 23.6 Å². The van der Waals surface area contributed by atoms with Crippen molar-refractivity contribution in [2.24, 2.45) is 0 Å². The van der Waals surface area contributed by atoms with Crippen molar-refractivity contribution in [3.05, 3.63) is 34.9 Å². The molecule has 0 saturated carbocycles. The Morgan fingerprint density at radius 3 is 2.67 bits per heavy atom. The quantitative estimate of drug-likeness (QED) is 0.617. The number of rotatable bonds is 3. The highest BCUT2D eigenvalue weighted by molar-refractivity contribution is 6.30. The van der Waals surface area contributed by atoms with Crippen LogP contribution in [0, 0.1) is 11.8 Å². The maximum atomic E-state index is 11.5. The Balaban J connectivity index is 2.46. The number of hydrogen-bond acceptors (Lipinski definition) is 1. The zero-order valence-corrected chi connectivity index (χ0v) is 9.27. The van der Waals surface area contributed by atoms with E-state index in [4.69, 9.17) is 11.6 Å². The van der Waals surface area contributed by atoms with E-state index in [1.54, 1.807) is 31.2 Å². The van der Waals surface area contributed by atoms with Crippen LogP contribution in [0.25, 0.3) is 0 Å². The highest BCUT2D eigenvalue weighted by Gasteiger charge is 2.02. The third-order valence-corrected chi connectivity index (χ3v) is 2.07. The summed E-state index contributed by atoms with van der Waals surface area (Å²) in [5.74, 6) is 5.56. The van der Waals surface area contributed by atoms with Crippen LogP contribution in [0.1, 0.15) is 23.7 Å². The Kier molecular flexibility index (Phi) is 4.73. The molecule has 1 amide bonds. The van der Waals surface area contributed by atoms with Gasteiger partial charge >= 0.3 is 0 Å². The number of benzene rings is 1. The molecule has 2 nitrogen and oxygen atoms in total. The number of hydrogen-bond donors (Lipinski definition) is 1. The normalized spacial score (nSPS) is 8.93. The van der Waals surface area contributed by atoms with Crippen molar-refractivity contribution in [2.45, 2.75) is 13.3 Å². The molecule has 1 N–H and O–H groups in total. The highest BCUT2D eigenvalue weighted by Crippen LogP contribution is 2.09. The molecule has 1 rings (SSSR count). The maximum absolute atomic E-state index is 11.5. The van der Waals surface area contributed by atoms with Gasteiger partial charge in [-0.2, -0.15) is 0 Å². The molecule has 0 unspecified atom stereocenters. The van der Waals surface area contributed by atoms with Crippen molar-refractivity contribution >= 4 is 17.5 Å². The first-order valence-electron chi connectivity index (χ1n) is 4.67. The van der Waals surface area contributed by atoms with E-state index in [9.17, 15) is 4.79 Å². The lowest BCUT2D eigenvalue weighted by Gasteiger charge is -2.02. The van der Waals surface area contributed by atoms with E-state index in [0.717, 1.165) is 0 Å². The number of nitrogens with one attached hydrogen (secondary N) is 1. The van der Waals surface area contributed by atoms with Crippen LogP contribution in [0.3, 0.4) is 0 Å². The monoisotopic (exact) mass is 221 g/mol. The molecule has 0 bridgehead atoms. The number of halogens is 1. The van der Waals surface area contributed by atoms with Gasteiger partial charge in [0.15, 0.2) is 0 Å². The summed E-state index contributed by atoms with van der Waals surface area (Å²) in [6.07, 6.45) is 0.676. The molecule has 78 valence electrons. The predicted octanol–water partition coefficient (Wildman–Crippen LogP) is 2.48. The molecule has 1 aromatic carbocycles. The van der Waals surface area contributed by atoms with Gasteiger partial charge in [0.2, 0.25) is 0 Å². The zero-order valence-electron chi connectivity index (χ0n) is 8.51. The van der Waals surface area contributed by atoms with E-state index < -0.39 is 0 Å². The van der Waals surface area contributed by atoms with Gasteiger partial charge in [0.05, 0.1) is 0 Å². The minimum absolute atomic E-state index is 0.0930. The first-order valence-corrected chi connectivity index (χ1v) is 5.05. The molecule has 0 fully saturated rings. The van der Waals surface area contributed by atoms with Gasteiger partial charge in [0.1, 0.15) is 0 Å². The number of amides is 1. The average molecular weight is 222 g/mol. The summed E-state index contributed by atoms with van der Waals surface area (Å²) in [6.45, 7) is 2.35. The molecule has 1 aromatic rings. The van der Waals surface area contributed by atoms with Gasteiger partial charge in [-0.3, -0.25) is 4.79 Å². The largest absolute Gasteiger partial charge is 0.351 e. The molecular formula is C12H12ClNO. The Labute approximate surface area is 94.6 Å². The SMILES string of the molecule is CC#CCCNC(=O)c1ccc(Cl)cc1. The van der Waals surface area contributed by atoms with Crippen molar-refractivity contribution in [1.82, 2.24) is 5.32 Å². The molecular weight excluding hydrogens is 210 g/mol. The summed E-state index contributed by atoms with van der Waals surface area (Å²) in [4.78, 5) is 11.5. The Morgan fingerprint density at radius 2 is 2.07 bits per heavy atom. The van der Waals surface area contributed by atoms with Gasteiger partial charge < -0.3 is 5.32 Å². The third-order valence-electron chi connectivity index (χ3n) is 1.82. The van der Waals surface area contributed by atoms with Crippen molar-refractivity contribution < 1.29 is 4.79 Å². The standard InChI is InChI=1S/C12H12ClNO/c1-2-3-4-9-14-12(15)10-5-7-11(13)8-6-10/h5-8H,4,9H2,1H3,(H,14,15). The van der Waals surface area contributed by atoms with Crippen molar-refractivity contribution in [3.8, 4) is 11.8 Å². The minimum atomic E-state index is -0.0930. The summed E-state index contributed by atoms with van der Waals surface area (Å²) >= 11 is 5.71. The van der Waals surface area contributed by atoms with Crippen molar-refractivity contribution in [1.29, 1.82) is 0 Å². The van der Waals surface area contributed by atoms with Gasteiger partial charge in [0, 0.05) is 23.6 Å². The number of carbonyl (C=O) groups excluding carboxylic acids is 1. The maximum Gasteiger partial charge on any atom is 0.251 e.